The Kier molecular flexibility index (Phi) is 1.81. The molecule has 1 rings (SSSR count). The van der Waals surface area contributed by atoms with Gasteiger partial charge in [-0.05, 0) is 30.7 Å². The summed E-state index contributed by atoms with van der Waals surface area (Å²) in [4.78, 5) is 10.4. The van der Waals surface area contributed by atoms with Gasteiger partial charge < -0.3 is 10.2 Å². The van der Waals surface area contributed by atoms with Crippen LogP contribution in [0.2, 0.25) is 0 Å². The Bertz CT molecular complexity index is 291. The van der Waals surface area contributed by atoms with E-state index in [1.807, 2.05) is 0 Å². The van der Waals surface area contributed by atoms with E-state index < -0.39 is 5.97 Å². The van der Waals surface area contributed by atoms with Gasteiger partial charge in [-0.1, -0.05) is 0 Å². The fourth-order valence-electron chi connectivity index (χ4n) is 0.756. The molecule has 57 valence electrons. The molecule has 2 N–H and O–H groups in total. The molecule has 1 aromatic carbocycles. The third-order valence-corrected chi connectivity index (χ3v) is 1.30. The Morgan fingerprint density at radius 1 is 1.64 bits per heavy atom. The number of rotatable bonds is 1. The van der Waals surface area contributed by atoms with E-state index in [2.05, 4.69) is 6.07 Å². The van der Waals surface area contributed by atoms with Gasteiger partial charge >= 0.3 is 5.97 Å². The van der Waals surface area contributed by atoms with Crippen molar-refractivity contribution in [2.75, 3.05) is 0 Å². The molecule has 0 aliphatic carbocycles. The molecule has 1 radical (unpaired) electrons. The van der Waals surface area contributed by atoms with Gasteiger partial charge in [-0.2, -0.15) is 0 Å². The van der Waals surface area contributed by atoms with E-state index in [-0.39, 0.29) is 11.3 Å². The van der Waals surface area contributed by atoms with Gasteiger partial charge in [-0.15, -0.1) is 0 Å². The second-order valence-electron chi connectivity index (χ2n) is 2.22. The van der Waals surface area contributed by atoms with Crippen molar-refractivity contribution in [3.05, 3.63) is 29.3 Å². The van der Waals surface area contributed by atoms with Gasteiger partial charge in [0.25, 0.3) is 0 Å². The Morgan fingerprint density at radius 2 is 2.27 bits per heavy atom. The second-order valence-corrected chi connectivity index (χ2v) is 2.22. The van der Waals surface area contributed by atoms with Crippen molar-refractivity contribution in [2.45, 2.75) is 6.92 Å². The number of benzene rings is 1. The summed E-state index contributed by atoms with van der Waals surface area (Å²) < 4.78 is 0. The van der Waals surface area contributed by atoms with Crippen molar-refractivity contribution < 1.29 is 15.0 Å². The summed E-state index contributed by atoms with van der Waals surface area (Å²) in [5, 5.41) is 17.5. The molecule has 0 aliphatic heterocycles. The number of aromatic hydroxyl groups is 1. The van der Waals surface area contributed by atoms with Gasteiger partial charge in [0, 0.05) is 0 Å². The molecule has 0 spiro atoms. The predicted molar refractivity (Wildman–Crippen MR) is 38.6 cm³/mol. The third kappa shape index (κ3) is 1.49. The topological polar surface area (TPSA) is 57.5 Å². The van der Waals surface area contributed by atoms with Crippen molar-refractivity contribution in [3.63, 3.8) is 0 Å². The first-order valence-electron chi connectivity index (χ1n) is 3.06. The molecule has 0 amide bonds. The molecule has 0 saturated heterocycles. The van der Waals surface area contributed by atoms with Crippen LogP contribution >= 0.6 is 0 Å². The minimum absolute atomic E-state index is 0.115. The lowest BCUT2D eigenvalue weighted by Gasteiger charge is -1.98. The molecule has 0 unspecified atom stereocenters. The third-order valence-electron chi connectivity index (χ3n) is 1.30. The Balaban J connectivity index is 3.20. The lowest BCUT2D eigenvalue weighted by atomic mass is 10.1. The van der Waals surface area contributed by atoms with E-state index in [0.29, 0.717) is 5.56 Å². The van der Waals surface area contributed by atoms with Crippen LogP contribution in [-0.2, 0) is 0 Å². The van der Waals surface area contributed by atoms with Crippen LogP contribution in [-0.4, -0.2) is 16.2 Å². The minimum atomic E-state index is -1.14. The molecule has 0 aromatic heterocycles. The summed E-state index contributed by atoms with van der Waals surface area (Å²) >= 11 is 0. The summed E-state index contributed by atoms with van der Waals surface area (Å²) in [6.45, 7) is 1.73. The number of carboxylic acid groups (broad SMARTS) is 1. The highest BCUT2D eigenvalue weighted by Gasteiger charge is 2.07. The number of aromatic carboxylic acids is 1. The van der Waals surface area contributed by atoms with Crippen LogP contribution in [0.5, 0.6) is 5.75 Å². The maximum atomic E-state index is 10.4. The molecule has 3 nitrogen and oxygen atoms in total. The quantitative estimate of drug-likeness (QED) is 0.634. The van der Waals surface area contributed by atoms with Crippen LogP contribution in [0.25, 0.3) is 0 Å². The van der Waals surface area contributed by atoms with Gasteiger partial charge in [0.2, 0.25) is 0 Å². The number of aryl methyl sites for hydroxylation is 1. The number of carboxylic acids is 1. The predicted octanol–water partition coefficient (Wildman–Crippen LogP) is 1.20. The zero-order valence-corrected chi connectivity index (χ0v) is 5.96. The second kappa shape index (κ2) is 2.62. The van der Waals surface area contributed by atoms with E-state index in [1.165, 1.54) is 12.1 Å². The van der Waals surface area contributed by atoms with E-state index in [9.17, 15) is 4.79 Å². The maximum Gasteiger partial charge on any atom is 0.339 e. The maximum absolute atomic E-state index is 10.4. The molecule has 11 heavy (non-hydrogen) atoms. The van der Waals surface area contributed by atoms with Crippen LogP contribution in [0.1, 0.15) is 15.9 Å². The van der Waals surface area contributed by atoms with Crippen molar-refractivity contribution in [3.8, 4) is 5.75 Å². The van der Waals surface area contributed by atoms with Gasteiger partial charge in [0.05, 0.1) is 0 Å². The van der Waals surface area contributed by atoms with Gasteiger partial charge in [-0.3, -0.25) is 0 Å². The van der Waals surface area contributed by atoms with Gasteiger partial charge in [-0.25, -0.2) is 4.79 Å². The summed E-state index contributed by atoms with van der Waals surface area (Å²) in [6, 6.07) is 5.30. The van der Waals surface area contributed by atoms with Crippen molar-refractivity contribution in [1.82, 2.24) is 0 Å². The van der Waals surface area contributed by atoms with Crippen LogP contribution in [0, 0.1) is 13.0 Å². The fourth-order valence-corrected chi connectivity index (χ4v) is 0.756. The van der Waals surface area contributed by atoms with E-state index in [4.69, 9.17) is 10.2 Å². The molecule has 1 aromatic rings. The van der Waals surface area contributed by atoms with Crippen molar-refractivity contribution in [2.24, 2.45) is 0 Å². The van der Waals surface area contributed by atoms with Crippen LogP contribution < -0.4 is 0 Å². The largest absolute Gasteiger partial charge is 0.507 e. The first kappa shape index (κ1) is 7.60. The van der Waals surface area contributed by atoms with Crippen molar-refractivity contribution in [1.29, 1.82) is 0 Å². The minimum Gasteiger partial charge on any atom is -0.507 e. The highest BCUT2D eigenvalue weighted by Crippen LogP contribution is 2.17. The SMILES string of the molecule is Cc1[c]cc(C(=O)O)c(O)c1. The molecule has 3 heteroatoms. The molecule has 0 fully saturated rings. The van der Waals surface area contributed by atoms with Gasteiger partial charge in [0.1, 0.15) is 11.3 Å². The van der Waals surface area contributed by atoms with Gasteiger partial charge in [0.15, 0.2) is 0 Å². The molecular formula is C8H7O3. The Morgan fingerprint density at radius 3 is 2.73 bits per heavy atom. The molecule has 0 bridgehead atoms. The average Bonchev–Trinajstić information content (AvgIpc) is 1.85. The normalized spacial score (nSPS) is 9.55. The fraction of sp³-hybridized carbons (Fsp3) is 0.125. The number of hydrogen-bond donors (Lipinski definition) is 2. The zero-order valence-electron chi connectivity index (χ0n) is 5.96. The zero-order chi connectivity index (χ0) is 8.43. The lowest BCUT2D eigenvalue weighted by Crippen LogP contribution is -1.96. The summed E-state index contributed by atoms with van der Waals surface area (Å²) in [6.07, 6.45) is 0. The molecule has 0 atom stereocenters. The highest BCUT2D eigenvalue weighted by atomic mass is 16.4. The number of carbonyl (C=O) groups is 1. The first-order valence-corrected chi connectivity index (χ1v) is 3.06. The highest BCUT2D eigenvalue weighted by molar-refractivity contribution is 5.90. The molecule has 0 aliphatic rings. The van der Waals surface area contributed by atoms with Crippen LogP contribution in [0.4, 0.5) is 0 Å². The van der Waals surface area contributed by atoms with E-state index in [0.717, 1.165) is 0 Å². The summed E-state index contributed by atoms with van der Waals surface area (Å²) in [7, 11) is 0. The lowest BCUT2D eigenvalue weighted by molar-refractivity contribution is 0.0693. The smallest absolute Gasteiger partial charge is 0.339 e. The molecule has 0 heterocycles. The first-order chi connectivity index (χ1) is 5.11. The number of phenols is 1. The van der Waals surface area contributed by atoms with Crippen molar-refractivity contribution >= 4 is 5.97 Å². The van der Waals surface area contributed by atoms with E-state index in [1.54, 1.807) is 6.92 Å². The summed E-state index contributed by atoms with van der Waals surface area (Å²) in [5.41, 5.74) is 0.600. The average molecular weight is 151 g/mol. The summed E-state index contributed by atoms with van der Waals surface area (Å²) in [5.74, 6) is -1.35. The number of hydrogen-bond acceptors (Lipinski definition) is 2. The standard InChI is InChI=1S/C8H7O3/c1-5-2-3-6(8(10)11)7(9)4-5/h3-4,9H,1H3,(H,10,11). The Labute approximate surface area is 63.9 Å². The monoisotopic (exact) mass is 151 g/mol. The van der Waals surface area contributed by atoms with Crippen LogP contribution in [0.3, 0.4) is 0 Å². The van der Waals surface area contributed by atoms with E-state index >= 15 is 0 Å². The molecule has 0 saturated carbocycles. The molecular weight excluding hydrogens is 144 g/mol. The van der Waals surface area contributed by atoms with Crippen LogP contribution in [0.15, 0.2) is 12.1 Å². The Hall–Kier alpha value is -1.51.